The lowest BCUT2D eigenvalue weighted by atomic mass is 9.90. The average Bonchev–Trinajstić information content (AvgIpc) is 3.30. The lowest BCUT2D eigenvalue weighted by Gasteiger charge is -2.29. The summed E-state index contributed by atoms with van der Waals surface area (Å²) in [4.78, 5) is 13.8. The molecule has 4 rings (SSSR count). The molecule has 0 aliphatic carbocycles. The van der Waals surface area contributed by atoms with Crippen molar-refractivity contribution >= 4 is 5.91 Å². The van der Waals surface area contributed by atoms with Gasteiger partial charge in [-0.3, -0.25) is 9.69 Å². The Morgan fingerprint density at radius 2 is 1.64 bits per heavy atom. The summed E-state index contributed by atoms with van der Waals surface area (Å²) in [7, 11) is 0. The van der Waals surface area contributed by atoms with Crippen LogP contribution in [0.5, 0.6) is 5.75 Å². The molecule has 204 valence electrons. The monoisotopic (exact) mass is 525 g/mol. The van der Waals surface area contributed by atoms with Crippen molar-refractivity contribution in [2.75, 3.05) is 19.7 Å². The molecular formula is C33H39N3O3. The van der Waals surface area contributed by atoms with Gasteiger partial charge in [0.05, 0.1) is 18.7 Å². The molecule has 0 spiro atoms. The SMILES string of the molecule is Cc1noc(C(C)C)c1CN(CCCOc1cccc(CC(N)=O)c1)CC(c1ccccc1)c1ccccc1. The quantitative estimate of drug-likeness (QED) is 0.197. The summed E-state index contributed by atoms with van der Waals surface area (Å²) in [6, 6.07) is 29.0. The van der Waals surface area contributed by atoms with Gasteiger partial charge in [-0.15, -0.1) is 0 Å². The maximum Gasteiger partial charge on any atom is 0.221 e. The van der Waals surface area contributed by atoms with Gasteiger partial charge in [0.1, 0.15) is 11.5 Å². The minimum Gasteiger partial charge on any atom is -0.494 e. The van der Waals surface area contributed by atoms with Crippen molar-refractivity contribution < 1.29 is 14.1 Å². The van der Waals surface area contributed by atoms with Crippen LogP contribution in [0.1, 0.15) is 65.8 Å². The van der Waals surface area contributed by atoms with Crippen LogP contribution in [0.15, 0.2) is 89.5 Å². The summed E-state index contributed by atoms with van der Waals surface area (Å²) in [5.41, 5.74) is 10.9. The molecule has 4 aromatic rings. The number of hydrogen-bond acceptors (Lipinski definition) is 5. The first-order chi connectivity index (χ1) is 18.9. The van der Waals surface area contributed by atoms with E-state index in [2.05, 4.69) is 84.6 Å². The van der Waals surface area contributed by atoms with Gasteiger partial charge in [0.25, 0.3) is 0 Å². The maximum atomic E-state index is 11.3. The van der Waals surface area contributed by atoms with Crippen molar-refractivity contribution in [2.45, 2.75) is 52.0 Å². The van der Waals surface area contributed by atoms with Crippen LogP contribution in [0.25, 0.3) is 0 Å². The van der Waals surface area contributed by atoms with E-state index in [9.17, 15) is 4.79 Å². The number of nitrogens with two attached hydrogens (primary N) is 1. The summed E-state index contributed by atoms with van der Waals surface area (Å²) in [5, 5.41) is 4.29. The maximum absolute atomic E-state index is 11.3. The second kappa shape index (κ2) is 13.8. The highest BCUT2D eigenvalue weighted by Crippen LogP contribution is 2.29. The Kier molecular flexibility index (Phi) is 9.92. The van der Waals surface area contributed by atoms with Crippen molar-refractivity contribution in [3.05, 3.63) is 119 Å². The molecule has 6 nitrogen and oxygen atoms in total. The molecule has 0 aliphatic heterocycles. The highest BCUT2D eigenvalue weighted by molar-refractivity contribution is 5.76. The number of amides is 1. The Hall–Kier alpha value is -3.90. The first kappa shape index (κ1) is 28.1. The molecule has 3 aromatic carbocycles. The Bertz CT molecular complexity index is 1280. The molecular weight excluding hydrogens is 486 g/mol. The molecule has 39 heavy (non-hydrogen) atoms. The zero-order valence-corrected chi connectivity index (χ0v) is 23.2. The largest absolute Gasteiger partial charge is 0.494 e. The Morgan fingerprint density at radius 1 is 0.974 bits per heavy atom. The van der Waals surface area contributed by atoms with E-state index in [0.717, 1.165) is 48.8 Å². The molecule has 0 radical (unpaired) electrons. The molecule has 0 aliphatic rings. The molecule has 0 saturated heterocycles. The predicted molar refractivity (Wildman–Crippen MR) is 155 cm³/mol. The highest BCUT2D eigenvalue weighted by Gasteiger charge is 2.23. The minimum absolute atomic E-state index is 0.210. The number of aromatic nitrogens is 1. The molecule has 0 saturated carbocycles. The Labute approximate surface area is 231 Å². The Balaban J connectivity index is 1.51. The standard InChI is InChI=1S/C33H39N3O3/c1-24(2)33-30(25(3)35-39-33)22-36(18-11-19-38-29-17-10-12-26(20-29)21-32(34)37)23-31(27-13-6-4-7-14-27)28-15-8-5-9-16-28/h4-10,12-17,20,24,31H,11,18-19,21-23H2,1-3H3,(H2,34,37). The molecule has 6 heteroatoms. The first-order valence-electron chi connectivity index (χ1n) is 13.7. The number of benzene rings is 3. The lowest BCUT2D eigenvalue weighted by Crippen LogP contribution is -2.31. The van der Waals surface area contributed by atoms with Gasteiger partial charge in [-0.05, 0) is 42.2 Å². The van der Waals surface area contributed by atoms with Crippen molar-refractivity contribution in [3.8, 4) is 5.75 Å². The van der Waals surface area contributed by atoms with Gasteiger partial charge in [0.2, 0.25) is 5.91 Å². The molecule has 0 unspecified atom stereocenters. The van der Waals surface area contributed by atoms with Gasteiger partial charge in [-0.2, -0.15) is 0 Å². The van der Waals surface area contributed by atoms with E-state index in [4.69, 9.17) is 15.0 Å². The molecule has 2 N–H and O–H groups in total. The van der Waals surface area contributed by atoms with Crippen LogP contribution in [0.4, 0.5) is 0 Å². The lowest BCUT2D eigenvalue weighted by molar-refractivity contribution is -0.117. The third kappa shape index (κ3) is 8.04. The number of carbonyl (C=O) groups is 1. The molecule has 0 bridgehead atoms. The minimum atomic E-state index is -0.348. The fourth-order valence-electron chi connectivity index (χ4n) is 4.97. The number of hydrogen-bond donors (Lipinski definition) is 1. The number of rotatable bonds is 14. The van der Waals surface area contributed by atoms with Crippen LogP contribution in [-0.4, -0.2) is 35.7 Å². The van der Waals surface area contributed by atoms with Gasteiger partial charge in [-0.1, -0.05) is 91.8 Å². The van der Waals surface area contributed by atoms with E-state index >= 15 is 0 Å². The fourth-order valence-corrected chi connectivity index (χ4v) is 4.97. The van der Waals surface area contributed by atoms with E-state index in [1.54, 1.807) is 0 Å². The third-order valence-corrected chi connectivity index (χ3v) is 6.93. The zero-order valence-electron chi connectivity index (χ0n) is 23.2. The first-order valence-corrected chi connectivity index (χ1v) is 13.7. The number of primary amides is 1. The zero-order chi connectivity index (χ0) is 27.6. The van der Waals surface area contributed by atoms with Crippen LogP contribution in [0.2, 0.25) is 0 Å². The van der Waals surface area contributed by atoms with Gasteiger partial charge in [0, 0.05) is 37.0 Å². The van der Waals surface area contributed by atoms with E-state index in [-0.39, 0.29) is 24.2 Å². The molecule has 1 heterocycles. The third-order valence-electron chi connectivity index (χ3n) is 6.93. The normalized spacial score (nSPS) is 11.4. The molecule has 0 fully saturated rings. The van der Waals surface area contributed by atoms with Crippen molar-refractivity contribution in [2.24, 2.45) is 5.73 Å². The predicted octanol–water partition coefficient (Wildman–Crippen LogP) is 6.24. The second-order valence-electron chi connectivity index (χ2n) is 10.4. The summed E-state index contributed by atoms with van der Waals surface area (Å²) >= 11 is 0. The number of ether oxygens (including phenoxy) is 1. The van der Waals surface area contributed by atoms with Crippen LogP contribution in [0.3, 0.4) is 0 Å². The molecule has 1 amide bonds. The fraction of sp³-hybridized carbons (Fsp3) is 0.333. The van der Waals surface area contributed by atoms with Crippen LogP contribution in [-0.2, 0) is 17.8 Å². The summed E-state index contributed by atoms with van der Waals surface area (Å²) < 4.78 is 11.8. The Morgan fingerprint density at radius 3 is 2.26 bits per heavy atom. The highest BCUT2D eigenvalue weighted by atomic mass is 16.5. The van der Waals surface area contributed by atoms with Crippen molar-refractivity contribution in [3.63, 3.8) is 0 Å². The van der Waals surface area contributed by atoms with E-state index < -0.39 is 0 Å². The van der Waals surface area contributed by atoms with Gasteiger partial charge < -0.3 is 15.0 Å². The molecule has 0 atom stereocenters. The molecule has 1 aromatic heterocycles. The van der Waals surface area contributed by atoms with Crippen LogP contribution in [0, 0.1) is 6.92 Å². The number of nitrogens with zero attached hydrogens (tertiary/aromatic N) is 2. The van der Waals surface area contributed by atoms with E-state index in [1.807, 2.05) is 31.2 Å². The average molecular weight is 526 g/mol. The second-order valence-corrected chi connectivity index (χ2v) is 10.4. The smallest absolute Gasteiger partial charge is 0.221 e. The van der Waals surface area contributed by atoms with E-state index in [0.29, 0.717) is 6.61 Å². The van der Waals surface area contributed by atoms with Gasteiger partial charge in [-0.25, -0.2) is 0 Å². The van der Waals surface area contributed by atoms with Gasteiger partial charge in [0.15, 0.2) is 0 Å². The van der Waals surface area contributed by atoms with E-state index in [1.165, 1.54) is 16.7 Å². The van der Waals surface area contributed by atoms with Crippen LogP contribution < -0.4 is 10.5 Å². The van der Waals surface area contributed by atoms with Crippen LogP contribution >= 0.6 is 0 Å². The van der Waals surface area contributed by atoms with Gasteiger partial charge >= 0.3 is 0 Å². The number of aryl methyl sites for hydroxylation is 1. The van der Waals surface area contributed by atoms with Crippen molar-refractivity contribution in [1.82, 2.24) is 10.1 Å². The summed E-state index contributed by atoms with van der Waals surface area (Å²) in [6.07, 6.45) is 1.05. The van der Waals surface area contributed by atoms with Crippen molar-refractivity contribution in [1.29, 1.82) is 0 Å². The number of carbonyl (C=O) groups excluding carboxylic acids is 1. The summed E-state index contributed by atoms with van der Waals surface area (Å²) in [6.45, 7) is 9.33. The summed E-state index contributed by atoms with van der Waals surface area (Å²) in [5.74, 6) is 1.85. The topological polar surface area (TPSA) is 81.6 Å².